The Bertz CT molecular complexity index is 806. The van der Waals surface area contributed by atoms with Crippen LogP contribution in [0, 0.1) is 0 Å². The molecule has 2 atom stereocenters. The lowest BCUT2D eigenvalue weighted by molar-refractivity contribution is 0.100. The van der Waals surface area contributed by atoms with Crippen molar-refractivity contribution in [1.29, 1.82) is 0 Å². The van der Waals surface area contributed by atoms with Crippen LogP contribution in [-0.4, -0.2) is 11.9 Å². The number of hydrogen-bond acceptors (Lipinski definition) is 2. The number of anilines is 1. The minimum Gasteiger partial charge on any atom is -0.377 e. The van der Waals surface area contributed by atoms with E-state index in [9.17, 15) is 4.79 Å². The Kier molecular flexibility index (Phi) is 2.86. The molecule has 2 aromatic rings. The van der Waals surface area contributed by atoms with Gasteiger partial charge in [0.15, 0.2) is 0 Å². The van der Waals surface area contributed by atoms with E-state index >= 15 is 0 Å². The van der Waals surface area contributed by atoms with Gasteiger partial charge in [-0.3, -0.25) is 4.79 Å². The van der Waals surface area contributed by atoms with Crippen LogP contribution >= 0.6 is 0 Å². The van der Waals surface area contributed by atoms with Gasteiger partial charge in [0.2, 0.25) is 0 Å². The average Bonchev–Trinajstić information content (AvgIpc) is 2.94. The Hall–Kier alpha value is -2.81. The fourth-order valence-corrected chi connectivity index (χ4v) is 3.38. The van der Waals surface area contributed by atoms with Crippen LogP contribution in [0.3, 0.4) is 0 Å². The van der Waals surface area contributed by atoms with Gasteiger partial charge in [0.25, 0.3) is 5.91 Å². The molecule has 1 aliphatic carbocycles. The Morgan fingerprint density at radius 2 is 1.77 bits per heavy atom. The summed E-state index contributed by atoms with van der Waals surface area (Å²) in [6.45, 7) is 0. The molecule has 3 nitrogen and oxygen atoms in total. The summed E-state index contributed by atoms with van der Waals surface area (Å²) in [7, 11) is 0. The number of rotatable bonds is 2. The summed E-state index contributed by atoms with van der Waals surface area (Å²) in [5, 5.41) is 3.46. The molecule has 0 bridgehead atoms. The number of fused-ring (bicyclic) bond motifs is 3. The molecule has 1 aliphatic heterocycles. The molecule has 1 amide bonds. The highest BCUT2D eigenvalue weighted by Crippen LogP contribution is 2.46. The van der Waals surface area contributed by atoms with Crippen LogP contribution in [-0.2, 0) is 0 Å². The van der Waals surface area contributed by atoms with Gasteiger partial charge in [-0.15, -0.1) is 0 Å². The van der Waals surface area contributed by atoms with E-state index in [2.05, 4.69) is 35.7 Å². The summed E-state index contributed by atoms with van der Waals surface area (Å²) < 4.78 is 0. The highest BCUT2D eigenvalue weighted by atomic mass is 16.1. The van der Waals surface area contributed by atoms with Gasteiger partial charge in [0.1, 0.15) is 0 Å². The SMILES string of the molecule is NC(=O)c1ccc(-c2ccccc2)c2c1NC1C=CC=CC21. The minimum absolute atomic E-state index is 0.183. The van der Waals surface area contributed by atoms with Crippen LogP contribution in [0.5, 0.6) is 0 Å². The van der Waals surface area contributed by atoms with Gasteiger partial charge in [0, 0.05) is 5.92 Å². The molecular formula is C19H16N2O. The molecular weight excluding hydrogens is 272 g/mol. The molecule has 22 heavy (non-hydrogen) atoms. The second kappa shape index (κ2) is 4.88. The molecule has 0 saturated carbocycles. The number of hydrogen-bond donors (Lipinski definition) is 2. The van der Waals surface area contributed by atoms with Crippen molar-refractivity contribution in [3.8, 4) is 11.1 Å². The first-order valence-corrected chi connectivity index (χ1v) is 7.39. The van der Waals surface area contributed by atoms with Gasteiger partial charge < -0.3 is 11.1 Å². The van der Waals surface area contributed by atoms with E-state index in [1.54, 1.807) is 0 Å². The molecule has 0 saturated heterocycles. The molecule has 3 N–H and O–H groups in total. The van der Waals surface area contributed by atoms with Crippen molar-refractivity contribution in [3.63, 3.8) is 0 Å². The molecule has 0 aromatic heterocycles. The topological polar surface area (TPSA) is 55.1 Å². The van der Waals surface area contributed by atoms with Crippen LogP contribution in [0.1, 0.15) is 21.8 Å². The van der Waals surface area contributed by atoms with Gasteiger partial charge in [-0.1, -0.05) is 60.7 Å². The molecule has 2 unspecified atom stereocenters. The molecule has 2 aliphatic rings. The van der Waals surface area contributed by atoms with Crippen LogP contribution in [0.2, 0.25) is 0 Å². The van der Waals surface area contributed by atoms with Crippen molar-refractivity contribution in [2.45, 2.75) is 12.0 Å². The van der Waals surface area contributed by atoms with Gasteiger partial charge in [-0.05, 0) is 22.8 Å². The van der Waals surface area contributed by atoms with Gasteiger partial charge in [-0.2, -0.15) is 0 Å². The van der Waals surface area contributed by atoms with Crippen molar-refractivity contribution in [3.05, 3.63) is 77.9 Å². The smallest absolute Gasteiger partial charge is 0.250 e. The quantitative estimate of drug-likeness (QED) is 0.889. The van der Waals surface area contributed by atoms with E-state index in [4.69, 9.17) is 5.73 Å². The number of allylic oxidation sites excluding steroid dienone is 2. The summed E-state index contributed by atoms with van der Waals surface area (Å²) in [4.78, 5) is 11.8. The second-order valence-corrected chi connectivity index (χ2v) is 5.65. The van der Waals surface area contributed by atoms with E-state index in [0.717, 1.165) is 22.4 Å². The summed E-state index contributed by atoms with van der Waals surface area (Å²) in [6.07, 6.45) is 8.40. The van der Waals surface area contributed by atoms with Crippen LogP contribution < -0.4 is 11.1 Å². The largest absolute Gasteiger partial charge is 0.377 e. The summed E-state index contributed by atoms with van der Waals surface area (Å²) in [5.41, 5.74) is 10.5. The first-order chi connectivity index (χ1) is 10.8. The fraction of sp³-hybridized carbons (Fsp3) is 0.105. The summed E-state index contributed by atoms with van der Waals surface area (Å²) in [6, 6.07) is 14.3. The standard InChI is InChI=1S/C19H16N2O/c20-19(22)15-11-10-13(12-6-2-1-3-7-12)17-14-8-4-5-9-16(14)21-18(15)17/h1-11,14,16,21H,(H2,20,22). The zero-order valence-electron chi connectivity index (χ0n) is 12.0. The van der Waals surface area contributed by atoms with E-state index in [-0.39, 0.29) is 12.0 Å². The Balaban J connectivity index is 1.97. The summed E-state index contributed by atoms with van der Waals surface area (Å²) in [5.74, 6) is -0.163. The number of nitrogens with one attached hydrogen (secondary N) is 1. The lowest BCUT2D eigenvalue weighted by Crippen LogP contribution is -2.18. The minimum atomic E-state index is -0.394. The monoisotopic (exact) mass is 288 g/mol. The third-order valence-electron chi connectivity index (χ3n) is 4.38. The van der Waals surface area contributed by atoms with Crippen molar-refractivity contribution in [1.82, 2.24) is 0 Å². The van der Waals surface area contributed by atoms with E-state index < -0.39 is 5.91 Å². The van der Waals surface area contributed by atoms with Crippen LogP contribution in [0.4, 0.5) is 5.69 Å². The maximum absolute atomic E-state index is 11.8. The highest BCUT2D eigenvalue weighted by molar-refractivity contribution is 6.02. The number of benzene rings is 2. The van der Waals surface area contributed by atoms with Gasteiger partial charge in [-0.25, -0.2) is 0 Å². The first kappa shape index (κ1) is 12.9. The van der Waals surface area contributed by atoms with E-state index in [0.29, 0.717) is 5.56 Å². The van der Waals surface area contributed by atoms with Gasteiger partial charge >= 0.3 is 0 Å². The molecule has 4 rings (SSSR count). The molecule has 3 heteroatoms. The average molecular weight is 288 g/mol. The molecule has 2 aromatic carbocycles. The maximum Gasteiger partial charge on any atom is 0.250 e. The number of carbonyl (C=O) groups is 1. The molecule has 0 fully saturated rings. The third-order valence-corrected chi connectivity index (χ3v) is 4.38. The Labute approximate surface area is 129 Å². The third kappa shape index (κ3) is 1.86. The number of primary amides is 1. The predicted molar refractivity (Wildman–Crippen MR) is 88.8 cm³/mol. The second-order valence-electron chi connectivity index (χ2n) is 5.65. The normalized spacial score (nSPS) is 21.1. The molecule has 1 heterocycles. The Morgan fingerprint density at radius 1 is 1.00 bits per heavy atom. The Morgan fingerprint density at radius 3 is 2.55 bits per heavy atom. The highest BCUT2D eigenvalue weighted by Gasteiger charge is 2.34. The van der Waals surface area contributed by atoms with Crippen molar-refractivity contribution >= 4 is 11.6 Å². The molecule has 108 valence electrons. The van der Waals surface area contributed by atoms with E-state index in [1.807, 2.05) is 36.4 Å². The fourth-order valence-electron chi connectivity index (χ4n) is 3.38. The lowest BCUT2D eigenvalue weighted by atomic mass is 9.85. The van der Waals surface area contributed by atoms with Crippen molar-refractivity contribution < 1.29 is 4.79 Å². The maximum atomic E-state index is 11.8. The van der Waals surface area contributed by atoms with E-state index in [1.165, 1.54) is 0 Å². The van der Waals surface area contributed by atoms with Crippen molar-refractivity contribution in [2.24, 2.45) is 5.73 Å². The van der Waals surface area contributed by atoms with Crippen molar-refractivity contribution in [2.75, 3.05) is 5.32 Å². The van der Waals surface area contributed by atoms with Crippen LogP contribution in [0.25, 0.3) is 11.1 Å². The van der Waals surface area contributed by atoms with Gasteiger partial charge in [0.05, 0.1) is 17.3 Å². The van der Waals surface area contributed by atoms with Crippen LogP contribution in [0.15, 0.2) is 66.8 Å². The molecule has 0 spiro atoms. The number of amides is 1. The number of carbonyl (C=O) groups excluding carboxylic acids is 1. The molecule has 0 radical (unpaired) electrons. The predicted octanol–water partition coefficient (Wildman–Crippen LogP) is 3.46. The number of nitrogens with two attached hydrogens (primary N) is 1. The first-order valence-electron chi connectivity index (χ1n) is 7.39. The zero-order chi connectivity index (χ0) is 15.1. The lowest BCUT2D eigenvalue weighted by Gasteiger charge is -2.17. The summed E-state index contributed by atoms with van der Waals surface area (Å²) >= 11 is 0. The zero-order valence-corrected chi connectivity index (χ0v) is 12.0.